The van der Waals surface area contributed by atoms with Gasteiger partial charge in [0, 0.05) is 21.6 Å². The van der Waals surface area contributed by atoms with E-state index < -0.39 is 0 Å². The number of ketones is 1. The average molecular weight is 418 g/mol. The van der Waals surface area contributed by atoms with Gasteiger partial charge < -0.3 is 5.32 Å². The molecule has 0 aromatic heterocycles. The lowest BCUT2D eigenvalue weighted by molar-refractivity contribution is 0.103. The number of carbonyl (C=O) groups excluding carboxylic acids is 1. The lowest BCUT2D eigenvalue weighted by Crippen LogP contribution is -2.07. The lowest BCUT2D eigenvalue weighted by Gasteiger charge is -2.18. The van der Waals surface area contributed by atoms with Gasteiger partial charge in [-0.15, -0.1) is 11.8 Å². The van der Waals surface area contributed by atoms with Crippen molar-refractivity contribution in [1.29, 1.82) is 0 Å². The number of rotatable bonds is 2. The third-order valence-electron chi connectivity index (χ3n) is 5.93. The monoisotopic (exact) mass is 417 g/mol. The predicted molar refractivity (Wildman–Crippen MR) is 128 cm³/mol. The number of carbonyl (C=O) groups is 1. The van der Waals surface area contributed by atoms with E-state index in [9.17, 15) is 4.79 Å². The van der Waals surface area contributed by atoms with E-state index in [2.05, 4.69) is 72.0 Å². The number of nitrogens with one attached hydrogen (secondary N) is 1. The Hall–Kier alpha value is -3.56. The van der Waals surface area contributed by atoms with Crippen molar-refractivity contribution >= 4 is 28.9 Å². The first-order valence-corrected chi connectivity index (χ1v) is 11.2. The number of fused-ring (bicyclic) bond motifs is 3. The van der Waals surface area contributed by atoms with Crippen molar-refractivity contribution in [1.82, 2.24) is 0 Å². The van der Waals surface area contributed by atoms with Crippen molar-refractivity contribution in [2.45, 2.75) is 10.1 Å². The Kier molecular flexibility index (Phi) is 4.29. The molecule has 0 spiro atoms. The fourth-order valence-corrected chi connectivity index (χ4v) is 5.69. The van der Waals surface area contributed by atoms with Crippen molar-refractivity contribution in [3.8, 4) is 11.1 Å². The minimum Gasteiger partial charge on any atom is -0.354 e. The van der Waals surface area contributed by atoms with Crippen LogP contribution in [0.15, 0.2) is 114 Å². The molecule has 148 valence electrons. The number of hydrogen-bond acceptors (Lipinski definition) is 3. The first kappa shape index (κ1) is 18.2. The molecular formula is C28H19NOS. The minimum atomic E-state index is -0.0733. The second kappa shape index (κ2) is 7.29. The smallest absolute Gasteiger partial charge is 0.193 e. The van der Waals surface area contributed by atoms with E-state index in [4.69, 9.17) is 0 Å². The van der Waals surface area contributed by atoms with Crippen molar-refractivity contribution in [2.75, 3.05) is 5.32 Å². The number of hydrogen-bond donors (Lipinski definition) is 1. The van der Waals surface area contributed by atoms with Crippen LogP contribution in [0.25, 0.3) is 16.8 Å². The van der Waals surface area contributed by atoms with Crippen LogP contribution in [0.5, 0.6) is 0 Å². The summed E-state index contributed by atoms with van der Waals surface area (Å²) in [7, 11) is 0. The number of thioether (sulfide) groups is 1. The van der Waals surface area contributed by atoms with E-state index in [0.717, 1.165) is 38.5 Å². The summed E-state index contributed by atoms with van der Waals surface area (Å²) in [6, 6.07) is 35.2. The van der Waals surface area contributed by atoms with E-state index in [0.29, 0.717) is 0 Å². The average Bonchev–Trinajstić information content (AvgIpc) is 3.00. The molecule has 0 fully saturated rings. The van der Waals surface area contributed by atoms with Crippen LogP contribution in [0.3, 0.4) is 0 Å². The predicted octanol–water partition coefficient (Wildman–Crippen LogP) is 7.22. The summed E-state index contributed by atoms with van der Waals surface area (Å²) in [5.74, 6) is 0.121. The molecule has 1 unspecified atom stereocenters. The summed E-state index contributed by atoms with van der Waals surface area (Å²) in [6.07, 6.45) is 0. The summed E-state index contributed by atoms with van der Waals surface area (Å²) < 4.78 is 0. The molecule has 1 aliphatic carbocycles. The number of Topliss-reactive ketones (excluding diaryl/α,β-unsaturated/α-hetero) is 1. The van der Waals surface area contributed by atoms with E-state index in [-0.39, 0.29) is 11.0 Å². The van der Waals surface area contributed by atoms with Crippen LogP contribution in [0.1, 0.15) is 26.7 Å². The second-order valence-electron chi connectivity index (χ2n) is 7.77. The molecule has 1 aliphatic heterocycles. The molecule has 0 saturated heterocycles. The first-order chi connectivity index (χ1) is 15.3. The van der Waals surface area contributed by atoms with Crippen LogP contribution >= 0.6 is 11.8 Å². The zero-order chi connectivity index (χ0) is 20.8. The molecule has 0 bridgehead atoms. The van der Waals surface area contributed by atoms with Crippen LogP contribution in [0, 0.1) is 0 Å². The Morgan fingerprint density at radius 1 is 0.645 bits per heavy atom. The van der Waals surface area contributed by atoms with Gasteiger partial charge in [0.05, 0.1) is 16.6 Å². The lowest BCUT2D eigenvalue weighted by atomic mass is 9.98. The van der Waals surface area contributed by atoms with Gasteiger partial charge in [0.2, 0.25) is 0 Å². The molecule has 2 nitrogen and oxygen atoms in total. The van der Waals surface area contributed by atoms with Gasteiger partial charge in [-0.2, -0.15) is 0 Å². The molecule has 0 saturated carbocycles. The maximum Gasteiger partial charge on any atom is 0.193 e. The number of anilines is 1. The molecule has 0 radical (unpaired) electrons. The fraction of sp³-hybridized carbons (Fsp3) is 0.0357. The van der Waals surface area contributed by atoms with Crippen molar-refractivity contribution in [3.05, 3.63) is 125 Å². The summed E-state index contributed by atoms with van der Waals surface area (Å²) in [5.41, 5.74) is 8.11. The van der Waals surface area contributed by atoms with Crippen LogP contribution in [-0.2, 0) is 0 Å². The van der Waals surface area contributed by atoms with Crippen molar-refractivity contribution < 1.29 is 4.79 Å². The molecule has 1 heterocycles. The molecule has 0 amide bonds. The van der Waals surface area contributed by atoms with E-state index in [1.54, 1.807) is 11.8 Å². The van der Waals surface area contributed by atoms with Crippen molar-refractivity contribution in [2.24, 2.45) is 0 Å². The Morgan fingerprint density at radius 3 is 2.10 bits per heavy atom. The van der Waals surface area contributed by atoms with Gasteiger partial charge in [0.25, 0.3) is 0 Å². The van der Waals surface area contributed by atoms with Gasteiger partial charge >= 0.3 is 0 Å². The van der Waals surface area contributed by atoms with Crippen LogP contribution in [-0.4, -0.2) is 5.78 Å². The largest absolute Gasteiger partial charge is 0.354 e. The van der Waals surface area contributed by atoms with Crippen molar-refractivity contribution in [3.63, 3.8) is 0 Å². The summed E-state index contributed by atoms with van der Waals surface area (Å²) in [6.45, 7) is 0. The summed E-state index contributed by atoms with van der Waals surface area (Å²) in [4.78, 5) is 14.6. The first-order valence-electron chi connectivity index (χ1n) is 10.4. The zero-order valence-electron chi connectivity index (χ0n) is 16.7. The Bertz CT molecular complexity index is 1340. The maximum absolute atomic E-state index is 13.5. The van der Waals surface area contributed by atoms with Crippen LogP contribution < -0.4 is 5.32 Å². The Morgan fingerprint density at radius 2 is 1.29 bits per heavy atom. The molecule has 31 heavy (non-hydrogen) atoms. The zero-order valence-corrected chi connectivity index (χ0v) is 17.5. The topological polar surface area (TPSA) is 29.1 Å². The van der Waals surface area contributed by atoms with E-state index in [1.807, 2.05) is 36.4 Å². The highest BCUT2D eigenvalue weighted by molar-refractivity contribution is 8.00. The van der Waals surface area contributed by atoms with Crippen LogP contribution in [0.4, 0.5) is 5.69 Å². The molecule has 4 aromatic carbocycles. The standard InChI is InChI=1S/C28H19NOS/c30-27-22-11-5-4-10-21(22)26-25(27)28(31-24-13-7-6-12-23(24)29-26)20-16-14-19(15-17-20)18-8-2-1-3-9-18/h1-17,28-29H. The SMILES string of the molecule is O=C1C2=C(Nc3ccccc3SC2c2ccc(-c3ccccc3)cc2)c2ccccc21. The molecule has 3 heteroatoms. The van der Waals surface area contributed by atoms with Gasteiger partial charge in [0.15, 0.2) is 5.78 Å². The van der Waals surface area contributed by atoms with Gasteiger partial charge in [0.1, 0.15) is 0 Å². The maximum atomic E-state index is 13.5. The van der Waals surface area contributed by atoms with E-state index in [1.165, 1.54) is 11.1 Å². The molecule has 4 aromatic rings. The van der Waals surface area contributed by atoms with E-state index >= 15 is 0 Å². The Balaban J connectivity index is 1.49. The molecule has 1 N–H and O–H groups in total. The normalized spacial score (nSPS) is 16.8. The highest BCUT2D eigenvalue weighted by Crippen LogP contribution is 2.52. The van der Waals surface area contributed by atoms with Gasteiger partial charge in [-0.3, -0.25) is 4.79 Å². The number of para-hydroxylation sites is 1. The fourth-order valence-electron chi connectivity index (χ4n) is 4.40. The quantitative estimate of drug-likeness (QED) is 0.373. The van der Waals surface area contributed by atoms with Gasteiger partial charge in [-0.1, -0.05) is 91.0 Å². The van der Waals surface area contributed by atoms with Gasteiger partial charge in [-0.25, -0.2) is 0 Å². The highest BCUT2D eigenvalue weighted by Gasteiger charge is 2.37. The van der Waals surface area contributed by atoms with Crippen LogP contribution in [0.2, 0.25) is 0 Å². The summed E-state index contributed by atoms with van der Waals surface area (Å²) in [5, 5.41) is 3.51. The molecule has 6 rings (SSSR count). The molecule has 2 aliphatic rings. The number of benzene rings is 4. The Labute approximate surface area is 185 Å². The van der Waals surface area contributed by atoms with Gasteiger partial charge in [-0.05, 0) is 28.8 Å². The molecule has 1 atom stereocenters. The third kappa shape index (κ3) is 3.01. The molecular weight excluding hydrogens is 398 g/mol. The summed E-state index contributed by atoms with van der Waals surface area (Å²) >= 11 is 1.74. The second-order valence-corrected chi connectivity index (χ2v) is 8.92. The highest BCUT2D eigenvalue weighted by atomic mass is 32.2. The third-order valence-corrected chi connectivity index (χ3v) is 7.28. The minimum absolute atomic E-state index is 0.0733.